The second-order valence-electron chi connectivity index (χ2n) is 6.13. The van der Waals surface area contributed by atoms with Crippen molar-refractivity contribution in [2.45, 2.75) is 71.1 Å². The first-order valence-electron chi connectivity index (χ1n) is 9.53. The van der Waals surface area contributed by atoms with Gasteiger partial charge in [-0.25, -0.2) is 4.79 Å². The monoisotopic (exact) mass is 367 g/mol. The minimum atomic E-state index is -0.959. The Bertz CT molecular complexity index is 469. The van der Waals surface area contributed by atoms with Gasteiger partial charge < -0.3 is 9.84 Å². The Balaban J connectivity index is 3.87. The molecule has 6 heteroatoms. The quantitative estimate of drug-likeness (QED) is 0.124. The molecular formula is C20H33NO5. The van der Waals surface area contributed by atoms with Crippen molar-refractivity contribution in [3.8, 4) is 0 Å². The zero-order valence-corrected chi connectivity index (χ0v) is 15.9. The van der Waals surface area contributed by atoms with Crippen LogP contribution in [0.1, 0.15) is 71.1 Å². The standard InChI is InChI=1S/C20H33NO5/c1-2-3-4-5-6-7-9-12-15-19(21(24)25)16-13-10-8-11-14-17-26-18-20(22)23/h6-7,13,15-16H,2-5,8-12,14,17-18H2,1H3,(H,22,23). The number of unbranched alkanes of at least 4 members (excludes halogenated alkanes) is 7. The fraction of sp³-hybridized carbons (Fsp3) is 0.650. The average molecular weight is 367 g/mol. The van der Waals surface area contributed by atoms with Gasteiger partial charge in [-0.05, 0) is 51.0 Å². The Morgan fingerprint density at radius 2 is 1.69 bits per heavy atom. The Kier molecular flexibility index (Phi) is 16.5. The number of carboxylic acids is 1. The Morgan fingerprint density at radius 1 is 1.00 bits per heavy atom. The molecule has 0 fully saturated rings. The number of aliphatic carboxylic acids is 1. The number of ether oxygens (including phenoxy) is 1. The molecule has 6 nitrogen and oxygen atoms in total. The molecule has 148 valence electrons. The molecule has 0 aliphatic heterocycles. The maximum Gasteiger partial charge on any atom is 0.329 e. The van der Waals surface area contributed by atoms with Crippen molar-refractivity contribution < 1.29 is 19.6 Å². The van der Waals surface area contributed by atoms with E-state index in [1.54, 1.807) is 12.2 Å². The number of nitro groups is 1. The summed E-state index contributed by atoms with van der Waals surface area (Å²) in [6.45, 7) is 2.35. The molecule has 0 saturated heterocycles. The molecule has 0 aromatic heterocycles. The molecule has 0 radical (unpaired) electrons. The highest BCUT2D eigenvalue weighted by atomic mass is 16.6. The number of nitrogens with zero attached hydrogens (tertiary/aromatic N) is 1. The number of rotatable bonds is 17. The predicted octanol–water partition coefficient (Wildman–Crippen LogP) is 5.28. The van der Waals surface area contributed by atoms with E-state index in [1.165, 1.54) is 19.3 Å². The minimum absolute atomic E-state index is 0.147. The summed E-state index contributed by atoms with van der Waals surface area (Å²) in [5.74, 6) is -0.959. The van der Waals surface area contributed by atoms with Crippen LogP contribution in [0, 0.1) is 10.1 Å². The number of carboxylic acid groups (broad SMARTS) is 1. The highest BCUT2D eigenvalue weighted by Gasteiger charge is 2.03. The van der Waals surface area contributed by atoms with Gasteiger partial charge >= 0.3 is 5.97 Å². The second kappa shape index (κ2) is 17.9. The van der Waals surface area contributed by atoms with Gasteiger partial charge in [0.2, 0.25) is 0 Å². The van der Waals surface area contributed by atoms with Gasteiger partial charge in [-0.1, -0.05) is 44.4 Å². The van der Waals surface area contributed by atoms with Gasteiger partial charge in [-0.2, -0.15) is 0 Å². The van der Waals surface area contributed by atoms with Crippen molar-refractivity contribution in [1.82, 2.24) is 0 Å². The largest absolute Gasteiger partial charge is 0.480 e. The maximum absolute atomic E-state index is 11.0. The van der Waals surface area contributed by atoms with E-state index in [0.29, 0.717) is 13.0 Å². The maximum atomic E-state index is 11.0. The summed E-state index contributed by atoms with van der Waals surface area (Å²) in [6.07, 6.45) is 19.0. The Hall–Kier alpha value is -1.95. The van der Waals surface area contributed by atoms with Crippen LogP contribution in [0.5, 0.6) is 0 Å². The van der Waals surface area contributed by atoms with Gasteiger partial charge in [0.1, 0.15) is 6.61 Å². The molecule has 0 spiro atoms. The van der Waals surface area contributed by atoms with Crippen molar-refractivity contribution in [2.24, 2.45) is 0 Å². The lowest BCUT2D eigenvalue weighted by molar-refractivity contribution is -0.419. The molecule has 1 N–H and O–H groups in total. The lowest BCUT2D eigenvalue weighted by atomic mass is 10.1. The molecule has 0 unspecified atom stereocenters. The van der Waals surface area contributed by atoms with Crippen LogP contribution in [0.15, 0.2) is 36.1 Å². The molecule has 0 aliphatic rings. The zero-order valence-electron chi connectivity index (χ0n) is 15.9. The first-order valence-corrected chi connectivity index (χ1v) is 9.53. The smallest absolute Gasteiger partial charge is 0.329 e. The van der Waals surface area contributed by atoms with E-state index in [2.05, 4.69) is 19.1 Å². The van der Waals surface area contributed by atoms with Crippen LogP contribution in [0.3, 0.4) is 0 Å². The molecule has 0 bridgehead atoms. The van der Waals surface area contributed by atoms with E-state index in [0.717, 1.165) is 38.5 Å². The molecule has 0 aliphatic carbocycles. The van der Waals surface area contributed by atoms with Crippen molar-refractivity contribution in [3.05, 3.63) is 46.2 Å². The lowest BCUT2D eigenvalue weighted by Crippen LogP contribution is -2.07. The molecule has 0 aromatic carbocycles. The number of hydrogen-bond donors (Lipinski definition) is 1. The van der Waals surface area contributed by atoms with Crippen LogP contribution in [0.25, 0.3) is 0 Å². The normalized spacial score (nSPS) is 12.3. The summed E-state index contributed by atoms with van der Waals surface area (Å²) < 4.78 is 4.94. The first-order chi connectivity index (χ1) is 12.6. The van der Waals surface area contributed by atoms with Gasteiger partial charge in [0.05, 0.1) is 4.92 Å². The highest BCUT2D eigenvalue weighted by molar-refractivity contribution is 5.67. The van der Waals surface area contributed by atoms with Crippen LogP contribution < -0.4 is 0 Å². The summed E-state index contributed by atoms with van der Waals surface area (Å²) in [5, 5.41) is 19.5. The van der Waals surface area contributed by atoms with Crippen LogP contribution in [-0.4, -0.2) is 29.2 Å². The summed E-state index contributed by atoms with van der Waals surface area (Å²) in [6, 6.07) is 0. The van der Waals surface area contributed by atoms with Crippen LogP contribution in [0.2, 0.25) is 0 Å². The topological polar surface area (TPSA) is 89.7 Å². The van der Waals surface area contributed by atoms with Crippen molar-refractivity contribution >= 4 is 5.97 Å². The molecular weight excluding hydrogens is 334 g/mol. The third-order valence-electron chi connectivity index (χ3n) is 3.71. The Labute approximate surface area is 156 Å². The van der Waals surface area contributed by atoms with Gasteiger partial charge in [-0.15, -0.1) is 0 Å². The molecule has 0 heterocycles. The average Bonchev–Trinajstić information content (AvgIpc) is 2.60. The van der Waals surface area contributed by atoms with Gasteiger partial charge in [0.15, 0.2) is 0 Å². The van der Waals surface area contributed by atoms with Gasteiger partial charge in [0, 0.05) is 12.7 Å². The summed E-state index contributed by atoms with van der Waals surface area (Å²) in [7, 11) is 0. The molecule has 26 heavy (non-hydrogen) atoms. The van der Waals surface area contributed by atoms with Gasteiger partial charge in [0.25, 0.3) is 5.70 Å². The molecule has 0 atom stereocenters. The fourth-order valence-electron chi connectivity index (χ4n) is 2.29. The zero-order chi connectivity index (χ0) is 19.5. The molecule has 0 rings (SSSR count). The van der Waals surface area contributed by atoms with Crippen LogP contribution in [-0.2, 0) is 9.53 Å². The number of allylic oxidation sites excluding steroid dienone is 5. The molecule has 0 amide bonds. The number of carbonyl (C=O) groups is 1. The summed E-state index contributed by atoms with van der Waals surface area (Å²) >= 11 is 0. The highest BCUT2D eigenvalue weighted by Crippen LogP contribution is 2.07. The Morgan fingerprint density at radius 3 is 2.38 bits per heavy atom. The SMILES string of the molecule is CCCCCC=CCCC=C(C=CCCCCCOCC(=O)O)[N+](=O)[O-]. The van der Waals surface area contributed by atoms with Crippen molar-refractivity contribution in [1.29, 1.82) is 0 Å². The van der Waals surface area contributed by atoms with E-state index in [1.807, 2.05) is 6.08 Å². The van der Waals surface area contributed by atoms with Gasteiger partial charge in [-0.3, -0.25) is 10.1 Å². The number of hydrogen-bond acceptors (Lipinski definition) is 4. The third-order valence-corrected chi connectivity index (χ3v) is 3.71. The predicted molar refractivity (Wildman–Crippen MR) is 104 cm³/mol. The first kappa shape index (κ1) is 24.1. The van der Waals surface area contributed by atoms with E-state index in [9.17, 15) is 14.9 Å². The second-order valence-corrected chi connectivity index (χ2v) is 6.13. The molecule has 0 aromatic rings. The van der Waals surface area contributed by atoms with Crippen LogP contribution in [0.4, 0.5) is 0 Å². The van der Waals surface area contributed by atoms with Crippen LogP contribution >= 0.6 is 0 Å². The molecule has 0 saturated carbocycles. The van der Waals surface area contributed by atoms with Crippen molar-refractivity contribution in [3.63, 3.8) is 0 Å². The van der Waals surface area contributed by atoms with E-state index >= 15 is 0 Å². The van der Waals surface area contributed by atoms with Crippen molar-refractivity contribution in [2.75, 3.05) is 13.2 Å². The minimum Gasteiger partial charge on any atom is -0.480 e. The van der Waals surface area contributed by atoms with E-state index in [4.69, 9.17) is 9.84 Å². The van der Waals surface area contributed by atoms with E-state index < -0.39 is 5.97 Å². The summed E-state index contributed by atoms with van der Waals surface area (Å²) in [5.41, 5.74) is 0.147. The summed E-state index contributed by atoms with van der Waals surface area (Å²) in [4.78, 5) is 20.9. The lowest BCUT2D eigenvalue weighted by Gasteiger charge is -2.00. The third kappa shape index (κ3) is 16.9. The fourth-order valence-corrected chi connectivity index (χ4v) is 2.29. The van der Waals surface area contributed by atoms with E-state index in [-0.39, 0.29) is 17.2 Å².